The summed E-state index contributed by atoms with van der Waals surface area (Å²) in [4.78, 5) is 8.85. The molecule has 25 heavy (non-hydrogen) atoms. The maximum atomic E-state index is 12.7. The lowest BCUT2D eigenvalue weighted by molar-refractivity contribution is -0.137. The molecule has 7 heteroatoms. The van der Waals surface area contributed by atoms with Crippen molar-refractivity contribution in [2.24, 2.45) is 0 Å². The Labute approximate surface area is 147 Å². The molecular weight excluding hydrogens is 353 g/mol. The summed E-state index contributed by atoms with van der Waals surface area (Å²) < 4.78 is 43.7. The molecule has 3 aromatic rings. The summed E-state index contributed by atoms with van der Waals surface area (Å²) >= 11 is 5.92. The third-order valence-electron chi connectivity index (χ3n) is 3.71. The van der Waals surface area contributed by atoms with Crippen LogP contribution < -0.4 is 4.74 Å². The Morgan fingerprint density at radius 3 is 2.48 bits per heavy atom. The summed E-state index contributed by atoms with van der Waals surface area (Å²) in [5, 5.41) is 0.710. The second-order valence-electron chi connectivity index (χ2n) is 5.50. The molecule has 0 aliphatic carbocycles. The van der Waals surface area contributed by atoms with E-state index in [1.54, 1.807) is 18.2 Å². The molecule has 0 N–H and O–H groups in total. The molecule has 0 atom stereocenters. The van der Waals surface area contributed by atoms with E-state index in [9.17, 15) is 13.2 Å². The molecule has 0 radical (unpaired) electrons. The number of benzene rings is 2. The molecule has 0 unspecified atom stereocenters. The largest absolute Gasteiger partial charge is 0.456 e. The van der Waals surface area contributed by atoms with Gasteiger partial charge in [-0.1, -0.05) is 18.5 Å². The molecule has 0 fully saturated rings. The molecule has 0 aliphatic heterocycles. The third kappa shape index (κ3) is 3.69. The van der Waals surface area contributed by atoms with Crippen molar-refractivity contribution >= 4 is 22.5 Å². The van der Waals surface area contributed by atoms with Crippen molar-refractivity contribution in [2.45, 2.75) is 26.4 Å². The van der Waals surface area contributed by atoms with Crippen molar-refractivity contribution in [1.29, 1.82) is 0 Å². The zero-order valence-electron chi connectivity index (χ0n) is 13.5. The number of halogens is 4. The predicted molar refractivity (Wildman–Crippen MR) is 90.2 cm³/mol. The highest BCUT2D eigenvalue weighted by atomic mass is 35.5. The first-order valence-corrected chi connectivity index (χ1v) is 7.97. The SMILES string of the molecule is CCc1nc(C)c2cc(Oc3ccc(C(F)(F)F)cc3Cl)ccc2n1. The van der Waals surface area contributed by atoms with Gasteiger partial charge in [-0.05, 0) is 43.3 Å². The van der Waals surface area contributed by atoms with E-state index in [-0.39, 0.29) is 10.8 Å². The van der Waals surface area contributed by atoms with Gasteiger partial charge in [-0.15, -0.1) is 0 Å². The van der Waals surface area contributed by atoms with Crippen molar-refractivity contribution in [3.63, 3.8) is 0 Å². The molecule has 3 nitrogen and oxygen atoms in total. The average Bonchev–Trinajstić information content (AvgIpc) is 2.56. The second kappa shape index (κ2) is 6.52. The first-order valence-electron chi connectivity index (χ1n) is 7.60. The standard InChI is InChI=1S/C18H14ClF3N2O/c1-3-17-23-10(2)13-9-12(5-6-15(13)24-17)25-16-7-4-11(8-14(16)19)18(20,21)22/h4-9H,3H2,1-2H3. The van der Waals surface area contributed by atoms with Crippen LogP contribution in [0.15, 0.2) is 36.4 Å². The van der Waals surface area contributed by atoms with Gasteiger partial charge in [0.05, 0.1) is 16.1 Å². The van der Waals surface area contributed by atoms with Gasteiger partial charge in [-0.2, -0.15) is 13.2 Å². The van der Waals surface area contributed by atoms with Crippen LogP contribution in [0.2, 0.25) is 5.02 Å². The molecule has 1 heterocycles. The number of alkyl halides is 3. The fourth-order valence-electron chi connectivity index (χ4n) is 2.43. The lowest BCUT2D eigenvalue weighted by Gasteiger charge is -2.12. The van der Waals surface area contributed by atoms with Gasteiger partial charge in [-0.25, -0.2) is 9.97 Å². The highest BCUT2D eigenvalue weighted by Crippen LogP contribution is 2.36. The van der Waals surface area contributed by atoms with Crippen LogP contribution in [0.3, 0.4) is 0 Å². The van der Waals surface area contributed by atoms with Crippen LogP contribution in [0.4, 0.5) is 13.2 Å². The van der Waals surface area contributed by atoms with E-state index >= 15 is 0 Å². The van der Waals surface area contributed by atoms with Crippen LogP contribution in [-0.4, -0.2) is 9.97 Å². The molecule has 0 aliphatic rings. The lowest BCUT2D eigenvalue weighted by Crippen LogP contribution is -2.04. The van der Waals surface area contributed by atoms with E-state index in [2.05, 4.69) is 9.97 Å². The summed E-state index contributed by atoms with van der Waals surface area (Å²) in [7, 11) is 0. The van der Waals surface area contributed by atoms with Gasteiger partial charge in [-0.3, -0.25) is 0 Å². The first-order chi connectivity index (χ1) is 11.8. The highest BCUT2D eigenvalue weighted by molar-refractivity contribution is 6.32. The number of aromatic nitrogens is 2. The summed E-state index contributed by atoms with van der Waals surface area (Å²) in [5.41, 5.74) is 0.778. The van der Waals surface area contributed by atoms with Crippen LogP contribution >= 0.6 is 11.6 Å². The fraction of sp³-hybridized carbons (Fsp3) is 0.222. The molecule has 0 bridgehead atoms. The summed E-state index contributed by atoms with van der Waals surface area (Å²) in [5.74, 6) is 1.35. The monoisotopic (exact) mass is 366 g/mol. The third-order valence-corrected chi connectivity index (χ3v) is 4.00. The summed E-state index contributed by atoms with van der Waals surface area (Å²) in [6.07, 6.45) is -3.72. The molecule has 2 aromatic carbocycles. The van der Waals surface area contributed by atoms with Crippen LogP contribution in [0.5, 0.6) is 11.5 Å². The van der Waals surface area contributed by atoms with E-state index in [0.717, 1.165) is 41.0 Å². The van der Waals surface area contributed by atoms with Crippen LogP contribution in [0.25, 0.3) is 10.9 Å². The van der Waals surface area contributed by atoms with Crippen molar-refractivity contribution in [3.05, 3.63) is 58.5 Å². The van der Waals surface area contributed by atoms with Gasteiger partial charge in [0, 0.05) is 17.5 Å². The molecule has 0 saturated heterocycles. The lowest BCUT2D eigenvalue weighted by atomic mass is 10.1. The predicted octanol–water partition coefficient (Wildman–Crippen LogP) is 5.97. The topological polar surface area (TPSA) is 35.0 Å². The second-order valence-corrected chi connectivity index (χ2v) is 5.91. The quantitative estimate of drug-likeness (QED) is 0.573. The number of nitrogens with zero attached hydrogens (tertiary/aromatic N) is 2. The zero-order chi connectivity index (χ0) is 18.2. The number of fused-ring (bicyclic) bond motifs is 1. The summed E-state index contributed by atoms with van der Waals surface area (Å²) in [6.45, 7) is 3.85. The van der Waals surface area contributed by atoms with E-state index in [4.69, 9.17) is 16.3 Å². The Hall–Kier alpha value is -2.34. The minimum atomic E-state index is -4.45. The van der Waals surface area contributed by atoms with E-state index < -0.39 is 11.7 Å². The number of ether oxygens (including phenoxy) is 1. The van der Waals surface area contributed by atoms with Gasteiger partial charge in [0.25, 0.3) is 0 Å². The Balaban J connectivity index is 1.94. The maximum Gasteiger partial charge on any atom is 0.416 e. The first kappa shape index (κ1) is 17.5. The molecular formula is C18H14ClF3N2O. The van der Waals surface area contributed by atoms with Crippen LogP contribution in [0, 0.1) is 6.92 Å². The van der Waals surface area contributed by atoms with Gasteiger partial charge in [0.2, 0.25) is 0 Å². The van der Waals surface area contributed by atoms with Crippen molar-refractivity contribution in [3.8, 4) is 11.5 Å². The Kier molecular flexibility index (Phi) is 4.56. The number of aryl methyl sites for hydroxylation is 2. The normalized spacial score (nSPS) is 11.8. The van der Waals surface area contributed by atoms with Crippen LogP contribution in [0.1, 0.15) is 24.0 Å². The summed E-state index contributed by atoms with van der Waals surface area (Å²) in [6, 6.07) is 8.22. The molecule has 1 aromatic heterocycles. The minimum Gasteiger partial charge on any atom is -0.456 e. The van der Waals surface area contributed by atoms with Crippen molar-refractivity contribution in [1.82, 2.24) is 9.97 Å². The maximum absolute atomic E-state index is 12.7. The molecule has 0 spiro atoms. The van der Waals surface area contributed by atoms with Gasteiger partial charge in [0.15, 0.2) is 0 Å². The molecule has 0 saturated carbocycles. The zero-order valence-corrected chi connectivity index (χ0v) is 14.2. The Morgan fingerprint density at radius 2 is 1.84 bits per heavy atom. The number of hydrogen-bond acceptors (Lipinski definition) is 3. The Morgan fingerprint density at radius 1 is 1.08 bits per heavy atom. The van der Waals surface area contributed by atoms with Crippen molar-refractivity contribution in [2.75, 3.05) is 0 Å². The smallest absolute Gasteiger partial charge is 0.416 e. The van der Waals surface area contributed by atoms with E-state index in [1.165, 1.54) is 6.07 Å². The molecule has 0 amide bonds. The Bertz CT molecular complexity index is 941. The molecule has 130 valence electrons. The highest BCUT2D eigenvalue weighted by Gasteiger charge is 2.31. The number of rotatable bonds is 3. The van der Waals surface area contributed by atoms with E-state index in [0.29, 0.717) is 5.75 Å². The van der Waals surface area contributed by atoms with Gasteiger partial charge < -0.3 is 4.74 Å². The molecule has 3 rings (SSSR count). The van der Waals surface area contributed by atoms with Crippen molar-refractivity contribution < 1.29 is 17.9 Å². The van der Waals surface area contributed by atoms with E-state index in [1.807, 2.05) is 13.8 Å². The fourth-order valence-corrected chi connectivity index (χ4v) is 2.65. The average molecular weight is 367 g/mol. The minimum absolute atomic E-state index is 0.107. The van der Waals surface area contributed by atoms with Crippen LogP contribution in [-0.2, 0) is 12.6 Å². The number of hydrogen-bond donors (Lipinski definition) is 0. The van der Waals surface area contributed by atoms with Gasteiger partial charge >= 0.3 is 6.18 Å². The van der Waals surface area contributed by atoms with Gasteiger partial charge in [0.1, 0.15) is 17.3 Å².